The minimum atomic E-state index is -0.0620. The molecule has 2 aliphatic rings. The molecule has 1 aromatic heterocycles. The summed E-state index contributed by atoms with van der Waals surface area (Å²) in [4.78, 5) is 18.7. The van der Waals surface area contributed by atoms with Gasteiger partial charge in [0.25, 0.3) is 0 Å². The van der Waals surface area contributed by atoms with E-state index in [0.717, 1.165) is 18.8 Å². The standard InChI is InChI=1S/C20H31N3O2/c1-21-20(24)15-25-14-16-12-23(17-8-4-2-3-5-9-17)13-18(16)19-10-6-7-11-22-19/h6-7,10-11,16-18H,2-5,8-9,12-15H2,1H3,(H,21,24)/t16-,18+/m0/s1. The second-order valence-corrected chi connectivity index (χ2v) is 7.41. The number of hydrogen-bond donors (Lipinski definition) is 1. The molecule has 2 heterocycles. The van der Waals surface area contributed by atoms with Crippen molar-refractivity contribution >= 4 is 5.91 Å². The van der Waals surface area contributed by atoms with Crippen molar-refractivity contribution in [3.05, 3.63) is 30.1 Å². The lowest BCUT2D eigenvalue weighted by Gasteiger charge is -2.26. The lowest BCUT2D eigenvalue weighted by molar-refractivity contribution is -0.125. The molecule has 1 saturated carbocycles. The molecule has 1 aromatic rings. The zero-order valence-corrected chi connectivity index (χ0v) is 15.3. The lowest BCUT2D eigenvalue weighted by Crippen LogP contribution is -2.33. The minimum absolute atomic E-state index is 0.0620. The number of carbonyl (C=O) groups is 1. The number of likely N-dealkylation sites (tertiary alicyclic amines) is 1. The van der Waals surface area contributed by atoms with Gasteiger partial charge in [0.1, 0.15) is 6.61 Å². The van der Waals surface area contributed by atoms with Gasteiger partial charge in [-0.3, -0.25) is 14.7 Å². The lowest BCUT2D eigenvalue weighted by atomic mass is 9.93. The summed E-state index contributed by atoms with van der Waals surface area (Å²) in [6.45, 7) is 2.89. The van der Waals surface area contributed by atoms with E-state index in [1.165, 1.54) is 38.5 Å². The molecule has 138 valence electrons. The Bertz CT molecular complexity index is 529. The number of amides is 1. The highest BCUT2D eigenvalue weighted by molar-refractivity contribution is 5.76. The third-order valence-electron chi connectivity index (χ3n) is 5.72. The first-order chi connectivity index (χ1) is 12.3. The van der Waals surface area contributed by atoms with Crippen molar-refractivity contribution in [3.8, 4) is 0 Å². The fraction of sp³-hybridized carbons (Fsp3) is 0.700. The maximum absolute atomic E-state index is 11.4. The Labute approximate surface area is 151 Å². The van der Waals surface area contributed by atoms with Gasteiger partial charge in [0.05, 0.1) is 6.61 Å². The Morgan fingerprint density at radius 2 is 2.04 bits per heavy atom. The Balaban J connectivity index is 1.65. The van der Waals surface area contributed by atoms with E-state index >= 15 is 0 Å². The first kappa shape index (κ1) is 18.3. The number of ether oxygens (including phenoxy) is 1. The summed E-state index contributed by atoms with van der Waals surface area (Å²) in [5.74, 6) is 0.741. The number of hydrogen-bond acceptors (Lipinski definition) is 4. The van der Waals surface area contributed by atoms with Gasteiger partial charge in [0.2, 0.25) is 5.91 Å². The van der Waals surface area contributed by atoms with Crippen molar-refractivity contribution in [2.75, 3.05) is 33.4 Å². The fourth-order valence-corrected chi connectivity index (χ4v) is 4.30. The molecule has 1 amide bonds. The van der Waals surface area contributed by atoms with Crippen molar-refractivity contribution in [2.45, 2.75) is 50.5 Å². The van der Waals surface area contributed by atoms with Gasteiger partial charge < -0.3 is 10.1 Å². The van der Waals surface area contributed by atoms with Crippen LogP contribution in [-0.4, -0.2) is 55.2 Å². The van der Waals surface area contributed by atoms with Crippen LogP contribution in [0.3, 0.4) is 0 Å². The number of aromatic nitrogens is 1. The molecule has 1 aliphatic carbocycles. The second kappa shape index (κ2) is 9.30. The van der Waals surface area contributed by atoms with E-state index in [9.17, 15) is 4.79 Å². The van der Waals surface area contributed by atoms with Gasteiger partial charge in [-0.1, -0.05) is 31.7 Å². The van der Waals surface area contributed by atoms with Crippen molar-refractivity contribution < 1.29 is 9.53 Å². The summed E-state index contributed by atoms with van der Waals surface area (Å²) >= 11 is 0. The normalized spacial score (nSPS) is 25.6. The third-order valence-corrected chi connectivity index (χ3v) is 5.72. The minimum Gasteiger partial charge on any atom is -0.371 e. The summed E-state index contributed by atoms with van der Waals surface area (Å²) in [6.07, 6.45) is 9.99. The molecule has 5 heteroatoms. The van der Waals surface area contributed by atoms with Gasteiger partial charge in [0, 0.05) is 49.9 Å². The molecule has 1 aliphatic heterocycles. The SMILES string of the molecule is CNC(=O)COC[C@@H]1CN(C2CCCCCC2)C[C@H]1c1ccccn1. The van der Waals surface area contributed by atoms with Gasteiger partial charge >= 0.3 is 0 Å². The molecule has 0 spiro atoms. The predicted octanol–water partition coefficient (Wildman–Crippen LogP) is 2.58. The number of pyridine rings is 1. The van der Waals surface area contributed by atoms with Gasteiger partial charge in [0.15, 0.2) is 0 Å². The topological polar surface area (TPSA) is 54.5 Å². The maximum Gasteiger partial charge on any atom is 0.245 e. The molecule has 0 unspecified atom stereocenters. The van der Waals surface area contributed by atoms with Crippen LogP contribution >= 0.6 is 0 Å². The van der Waals surface area contributed by atoms with Crippen LogP contribution in [0.2, 0.25) is 0 Å². The zero-order chi connectivity index (χ0) is 17.5. The van der Waals surface area contributed by atoms with Crippen LogP contribution < -0.4 is 5.32 Å². The Hall–Kier alpha value is -1.46. The van der Waals surface area contributed by atoms with Crippen molar-refractivity contribution in [3.63, 3.8) is 0 Å². The number of nitrogens with zero attached hydrogens (tertiary/aromatic N) is 2. The molecule has 5 nitrogen and oxygen atoms in total. The molecule has 2 fully saturated rings. The molecule has 0 bridgehead atoms. The summed E-state index contributed by atoms with van der Waals surface area (Å²) in [6, 6.07) is 6.88. The third kappa shape index (κ3) is 5.02. The van der Waals surface area contributed by atoms with Crippen LogP contribution in [0.25, 0.3) is 0 Å². The highest BCUT2D eigenvalue weighted by Crippen LogP contribution is 2.35. The average Bonchev–Trinajstić information content (AvgIpc) is 2.88. The first-order valence-electron chi connectivity index (χ1n) is 9.71. The molecule has 0 radical (unpaired) electrons. The smallest absolute Gasteiger partial charge is 0.245 e. The number of likely N-dealkylation sites (N-methyl/N-ethyl adjacent to an activating group) is 1. The Morgan fingerprint density at radius 3 is 2.72 bits per heavy atom. The number of carbonyl (C=O) groups excluding carboxylic acids is 1. The number of nitrogens with one attached hydrogen (secondary N) is 1. The molecule has 1 N–H and O–H groups in total. The molecule has 25 heavy (non-hydrogen) atoms. The monoisotopic (exact) mass is 345 g/mol. The van der Waals surface area contributed by atoms with Crippen molar-refractivity contribution in [2.24, 2.45) is 5.92 Å². The molecular formula is C20H31N3O2. The molecule has 1 saturated heterocycles. The Kier molecular flexibility index (Phi) is 6.82. The number of rotatable bonds is 6. The van der Waals surface area contributed by atoms with Gasteiger partial charge in [-0.25, -0.2) is 0 Å². The van der Waals surface area contributed by atoms with E-state index in [2.05, 4.69) is 27.3 Å². The summed E-state index contributed by atoms with van der Waals surface area (Å²) in [7, 11) is 1.64. The van der Waals surface area contributed by atoms with Crippen LogP contribution in [-0.2, 0) is 9.53 Å². The van der Waals surface area contributed by atoms with E-state index in [1.807, 2.05) is 12.3 Å². The molecule has 2 atom stereocenters. The van der Waals surface area contributed by atoms with E-state index < -0.39 is 0 Å². The van der Waals surface area contributed by atoms with Gasteiger partial charge in [-0.05, 0) is 25.0 Å². The zero-order valence-electron chi connectivity index (χ0n) is 15.3. The second-order valence-electron chi connectivity index (χ2n) is 7.41. The van der Waals surface area contributed by atoms with E-state index in [0.29, 0.717) is 24.5 Å². The van der Waals surface area contributed by atoms with Gasteiger partial charge in [-0.15, -0.1) is 0 Å². The summed E-state index contributed by atoms with van der Waals surface area (Å²) < 4.78 is 5.72. The average molecular weight is 345 g/mol. The predicted molar refractivity (Wildman–Crippen MR) is 98.4 cm³/mol. The van der Waals surface area contributed by atoms with Crippen LogP contribution in [0, 0.1) is 5.92 Å². The van der Waals surface area contributed by atoms with Crippen LogP contribution in [0.5, 0.6) is 0 Å². The summed E-state index contributed by atoms with van der Waals surface area (Å²) in [5, 5.41) is 2.61. The van der Waals surface area contributed by atoms with E-state index in [4.69, 9.17) is 4.74 Å². The quantitative estimate of drug-likeness (QED) is 0.805. The molecule has 3 rings (SSSR count). The molecule has 0 aromatic carbocycles. The highest BCUT2D eigenvalue weighted by atomic mass is 16.5. The van der Waals surface area contributed by atoms with Gasteiger partial charge in [-0.2, -0.15) is 0 Å². The van der Waals surface area contributed by atoms with Crippen LogP contribution in [0.15, 0.2) is 24.4 Å². The van der Waals surface area contributed by atoms with Crippen LogP contribution in [0.1, 0.15) is 50.1 Å². The van der Waals surface area contributed by atoms with Crippen molar-refractivity contribution in [1.82, 2.24) is 15.2 Å². The molecular weight excluding hydrogens is 314 g/mol. The van der Waals surface area contributed by atoms with Crippen LogP contribution in [0.4, 0.5) is 0 Å². The first-order valence-corrected chi connectivity index (χ1v) is 9.71. The maximum atomic E-state index is 11.4. The van der Waals surface area contributed by atoms with E-state index in [-0.39, 0.29) is 12.5 Å². The fourth-order valence-electron chi connectivity index (χ4n) is 4.30. The van der Waals surface area contributed by atoms with E-state index in [1.54, 1.807) is 7.05 Å². The Morgan fingerprint density at radius 1 is 1.24 bits per heavy atom. The van der Waals surface area contributed by atoms with Crippen molar-refractivity contribution in [1.29, 1.82) is 0 Å². The highest BCUT2D eigenvalue weighted by Gasteiger charge is 2.37. The largest absolute Gasteiger partial charge is 0.371 e. The summed E-state index contributed by atoms with van der Waals surface area (Å²) in [5.41, 5.74) is 1.16.